The lowest BCUT2D eigenvalue weighted by Gasteiger charge is -2.22. The molecule has 0 saturated carbocycles. The van der Waals surface area contributed by atoms with Crippen molar-refractivity contribution >= 4 is 50.5 Å². The lowest BCUT2D eigenvalue weighted by atomic mass is 9.99. The van der Waals surface area contributed by atoms with Crippen LogP contribution in [0.5, 0.6) is 0 Å². The summed E-state index contributed by atoms with van der Waals surface area (Å²) in [6.07, 6.45) is 0. The fourth-order valence-electron chi connectivity index (χ4n) is 6.25. The molecule has 0 unspecified atom stereocenters. The van der Waals surface area contributed by atoms with E-state index in [0.29, 0.717) is 0 Å². The molecule has 0 atom stereocenters. The fraction of sp³-hybridized carbons (Fsp3) is 0.0256. The summed E-state index contributed by atoms with van der Waals surface area (Å²) < 4.78 is 0. The Morgan fingerprint density at radius 1 is 0.619 bits per heavy atom. The number of hydrogen-bond acceptors (Lipinski definition) is 2. The van der Waals surface area contributed by atoms with Crippen LogP contribution in [0.25, 0.3) is 49.6 Å². The number of para-hydroxylation sites is 1. The van der Waals surface area contributed by atoms with Gasteiger partial charge in [0.1, 0.15) is 0 Å². The van der Waals surface area contributed by atoms with Gasteiger partial charge in [0.25, 0.3) is 0 Å². The Morgan fingerprint density at radius 3 is 2.17 bits per heavy atom. The van der Waals surface area contributed by atoms with Crippen LogP contribution in [-0.2, 0) is 0 Å². The van der Waals surface area contributed by atoms with E-state index in [-0.39, 0.29) is 0 Å². The fourth-order valence-corrected chi connectivity index (χ4v) is 7.26. The highest BCUT2D eigenvalue weighted by Gasteiger charge is 2.25. The van der Waals surface area contributed by atoms with E-state index >= 15 is 0 Å². The van der Waals surface area contributed by atoms with Gasteiger partial charge in [0, 0.05) is 44.4 Å². The monoisotopic (exact) mass is 556 g/mol. The van der Waals surface area contributed by atoms with Crippen molar-refractivity contribution in [2.45, 2.75) is 9.79 Å². The standard InChI is InChI=1S/C39H28N2S/c1-25-30-12-6-7-13-31(30)32-21-22-33-34-24-27(18-23-35(34)40-39(33)38(25)32)26-16-19-28(20-17-26)41(2)36-14-8-9-15-37(36)42-29-10-4-3-5-11-29/h3-24,40H,1H2,2H3. The van der Waals surface area contributed by atoms with E-state index in [1.165, 1.54) is 65.1 Å². The minimum atomic E-state index is 1.10. The third-order valence-electron chi connectivity index (χ3n) is 8.40. The first-order valence-electron chi connectivity index (χ1n) is 14.2. The summed E-state index contributed by atoms with van der Waals surface area (Å²) in [6, 6.07) is 47.8. The Balaban J connectivity index is 1.12. The maximum absolute atomic E-state index is 4.47. The lowest BCUT2D eigenvalue weighted by molar-refractivity contribution is 1.17. The number of benzene rings is 6. The summed E-state index contributed by atoms with van der Waals surface area (Å²) >= 11 is 1.79. The summed E-state index contributed by atoms with van der Waals surface area (Å²) in [5.41, 5.74) is 13.2. The van der Waals surface area contributed by atoms with Gasteiger partial charge in [-0.2, -0.15) is 0 Å². The van der Waals surface area contributed by atoms with Crippen LogP contribution in [0, 0.1) is 0 Å². The van der Waals surface area contributed by atoms with Crippen LogP contribution >= 0.6 is 11.8 Å². The van der Waals surface area contributed by atoms with Gasteiger partial charge in [-0.15, -0.1) is 0 Å². The minimum absolute atomic E-state index is 1.10. The molecule has 0 amide bonds. The predicted molar refractivity (Wildman–Crippen MR) is 180 cm³/mol. The third-order valence-corrected chi connectivity index (χ3v) is 9.48. The number of aromatic nitrogens is 1. The van der Waals surface area contributed by atoms with Crippen LogP contribution < -0.4 is 4.90 Å². The van der Waals surface area contributed by atoms with Crippen LogP contribution in [0.2, 0.25) is 0 Å². The van der Waals surface area contributed by atoms with Crippen LogP contribution in [-0.4, -0.2) is 12.0 Å². The van der Waals surface area contributed by atoms with E-state index in [4.69, 9.17) is 0 Å². The van der Waals surface area contributed by atoms with Gasteiger partial charge in [-0.25, -0.2) is 0 Å². The molecule has 1 aliphatic rings. The maximum atomic E-state index is 4.47. The van der Waals surface area contributed by atoms with Crippen LogP contribution in [0.15, 0.2) is 150 Å². The van der Waals surface area contributed by atoms with Crippen LogP contribution in [0.3, 0.4) is 0 Å². The molecular weight excluding hydrogens is 529 g/mol. The summed E-state index contributed by atoms with van der Waals surface area (Å²) in [5, 5.41) is 2.48. The molecule has 8 rings (SSSR count). The van der Waals surface area contributed by atoms with Crippen molar-refractivity contribution in [3.63, 3.8) is 0 Å². The smallest absolute Gasteiger partial charge is 0.0550 e. The van der Waals surface area contributed by atoms with Gasteiger partial charge < -0.3 is 9.88 Å². The largest absolute Gasteiger partial charge is 0.354 e. The number of H-pyrrole nitrogens is 1. The van der Waals surface area contributed by atoms with Crippen molar-refractivity contribution in [1.82, 2.24) is 4.98 Å². The zero-order chi connectivity index (χ0) is 28.2. The van der Waals surface area contributed by atoms with E-state index in [2.05, 4.69) is 157 Å². The predicted octanol–water partition coefficient (Wildman–Crippen LogP) is 10.9. The number of hydrogen-bond donors (Lipinski definition) is 1. The van der Waals surface area contributed by atoms with Crippen LogP contribution in [0.1, 0.15) is 11.1 Å². The molecule has 1 aliphatic carbocycles. The van der Waals surface area contributed by atoms with Crippen molar-refractivity contribution in [1.29, 1.82) is 0 Å². The summed E-state index contributed by atoms with van der Waals surface area (Å²) in [7, 11) is 2.14. The van der Waals surface area contributed by atoms with Crippen LogP contribution in [0.4, 0.5) is 11.4 Å². The third kappa shape index (κ3) is 3.97. The molecule has 200 valence electrons. The molecule has 0 bridgehead atoms. The first-order valence-corrected chi connectivity index (χ1v) is 15.0. The molecule has 1 N–H and O–H groups in total. The van der Waals surface area contributed by atoms with Crippen molar-refractivity contribution in [2.24, 2.45) is 0 Å². The molecule has 0 spiro atoms. The SMILES string of the molecule is C=C1c2ccccc2-c2ccc3c([nH]c4ccc(-c5ccc(N(C)c6ccccc6Sc6ccccc6)cc5)cc43)c21. The van der Waals surface area contributed by atoms with Gasteiger partial charge in [0.05, 0.1) is 11.2 Å². The number of aromatic amines is 1. The van der Waals surface area contributed by atoms with E-state index in [1.54, 1.807) is 11.8 Å². The number of nitrogens with zero attached hydrogens (tertiary/aromatic N) is 1. The van der Waals surface area contributed by atoms with Gasteiger partial charge in [-0.3, -0.25) is 0 Å². The zero-order valence-electron chi connectivity index (χ0n) is 23.3. The Morgan fingerprint density at radius 2 is 1.33 bits per heavy atom. The minimum Gasteiger partial charge on any atom is -0.354 e. The molecule has 6 aromatic carbocycles. The van der Waals surface area contributed by atoms with Crippen molar-refractivity contribution < 1.29 is 0 Å². The zero-order valence-corrected chi connectivity index (χ0v) is 24.1. The maximum Gasteiger partial charge on any atom is 0.0550 e. The molecule has 1 aromatic heterocycles. The Labute approximate surface area is 250 Å². The van der Waals surface area contributed by atoms with Crippen molar-refractivity contribution in [2.75, 3.05) is 11.9 Å². The molecule has 0 aliphatic heterocycles. The van der Waals surface area contributed by atoms with Gasteiger partial charge in [0.15, 0.2) is 0 Å². The Kier molecular flexibility index (Phi) is 5.80. The highest BCUT2D eigenvalue weighted by Crippen LogP contribution is 2.47. The van der Waals surface area contributed by atoms with Gasteiger partial charge in [-0.1, -0.05) is 103 Å². The van der Waals surface area contributed by atoms with Crippen molar-refractivity contribution in [3.8, 4) is 22.3 Å². The highest BCUT2D eigenvalue weighted by atomic mass is 32.2. The molecule has 42 heavy (non-hydrogen) atoms. The summed E-state index contributed by atoms with van der Waals surface area (Å²) in [5.74, 6) is 0. The number of anilines is 2. The first-order chi connectivity index (χ1) is 20.7. The molecule has 1 heterocycles. The van der Waals surface area contributed by atoms with E-state index in [0.717, 1.165) is 16.8 Å². The molecule has 7 aromatic rings. The Bertz CT molecular complexity index is 2140. The topological polar surface area (TPSA) is 19.0 Å². The number of nitrogens with one attached hydrogen (secondary N) is 1. The number of fused-ring (bicyclic) bond motifs is 7. The van der Waals surface area contributed by atoms with Gasteiger partial charge in [0.2, 0.25) is 0 Å². The van der Waals surface area contributed by atoms with E-state index < -0.39 is 0 Å². The molecule has 0 saturated heterocycles. The van der Waals surface area contributed by atoms with Gasteiger partial charge in [-0.05, 0) is 81.9 Å². The lowest BCUT2D eigenvalue weighted by Crippen LogP contribution is -2.10. The summed E-state index contributed by atoms with van der Waals surface area (Å²) in [4.78, 5) is 8.45. The van der Waals surface area contributed by atoms with Gasteiger partial charge >= 0.3 is 0 Å². The summed E-state index contributed by atoms with van der Waals surface area (Å²) in [6.45, 7) is 4.47. The molecule has 2 nitrogen and oxygen atoms in total. The first kappa shape index (κ1) is 24.8. The molecule has 0 fully saturated rings. The highest BCUT2D eigenvalue weighted by molar-refractivity contribution is 7.99. The quantitative estimate of drug-likeness (QED) is 0.227. The van der Waals surface area contributed by atoms with E-state index in [1.807, 2.05) is 0 Å². The Hall–Kier alpha value is -4.99. The average Bonchev–Trinajstić information content (AvgIpc) is 3.56. The van der Waals surface area contributed by atoms with Crippen molar-refractivity contribution in [3.05, 3.63) is 151 Å². The normalized spacial score (nSPS) is 12.1. The number of rotatable bonds is 5. The second-order valence-corrected chi connectivity index (χ2v) is 11.9. The van der Waals surface area contributed by atoms with E-state index in [9.17, 15) is 0 Å². The molecular formula is C39H28N2S. The average molecular weight is 557 g/mol. The molecule has 3 heteroatoms. The second-order valence-electron chi connectivity index (χ2n) is 10.8. The second kappa shape index (κ2) is 9.83. The molecule has 0 radical (unpaired) electrons.